The molecule has 0 aliphatic carbocycles. The number of nitrogens with one attached hydrogen (secondary N) is 6. The second kappa shape index (κ2) is 68.1. The molecular weight excluding hydrogens is 1730 g/mol. The second-order valence-corrected chi connectivity index (χ2v) is 36.0. The lowest BCUT2D eigenvalue weighted by Crippen LogP contribution is -2.43. The third-order valence-corrected chi connectivity index (χ3v) is 18.1. The fourth-order valence-electron chi connectivity index (χ4n) is 12.0. The molecule has 38 nitrogen and oxygen atoms in total. The van der Waals surface area contributed by atoms with Crippen molar-refractivity contribution < 1.29 is 154 Å². The van der Waals surface area contributed by atoms with Gasteiger partial charge in [0.05, 0.1) is 181 Å². The monoisotopic (exact) mass is 1880 g/mol. The van der Waals surface area contributed by atoms with E-state index in [2.05, 4.69) is 31.9 Å². The molecule has 0 saturated heterocycles. The van der Waals surface area contributed by atoms with Gasteiger partial charge in [-0.15, -0.1) is 0 Å². The van der Waals surface area contributed by atoms with Gasteiger partial charge in [-0.25, -0.2) is 0 Å². The van der Waals surface area contributed by atoms with Crippen LogP contribution in [-0.2, 0) is 114 Å². The zero-order valence-corrected chi connectivity index (χ0v) is 80.1. The maximum absolute atomic E-state index is 14.2. The van der Waals surface area contributed by atoms with E-state index in [-0.39, 0.29) is 227 Å². The van der Waals surface area contributed by atoms with Crippen LogP contribution < -0.4 is 31.9 Å². The molecule has 0 aliphatic rings. The number of benzene rings is 2. The Bertz CT molecular complexity index is 3560. The van der Waals surface area contributed by atoms with Gasteiger partial charge in [-0.2, -0.15) is 0 Å². The summed E-state index contributed by atoms with van der Waals surface area (Å²) in [6.45, 7) is 22.2. The molecule has 38 heteroatoms. The second-order valence-electron chi connectivity index (χ2n) is 36.0. The minimum absolute atomic E-state index is 0.00235. The molecule has 0 radical (unpaired) electrons. The van der Waals surface area contributed by atoms with E-state index in [1.54, 1.807) is 96.9 Å². The van der Waals surface area contributed by atoms with E-state index >= 15 is 0 Å². The molecule has 0 fully saturated rings. The number of esters is 4. The summed E-state index contributed by atoms with van der Waals surface area (Å²) in [5.74, 6) is -9.31. The number of Topliss-reactive ketones (excluding diaryl/α,β-unsaturated/α-hetero) is 2. The first kappa shape index (κ1) is 120. The van der Waals surface area contributed by atoms with E-state index in [9.17, 15) is 76.7 Å². The van der Waals surface area contributed by atoms with Crippen molar-refractivity contribution >= 4 is 106 Å². The third-order valence-electron chi connectivity index (χ3n) is 18.1. The standard InChI is InChI=1S/C55H91N3O16.C39H59N3O16/c1-39(59)22-20-18-16-14-15-17-19-21-23-45(60)56-42-33-40(50(65)57-43(35-67-28-24-46(61)71-52(2,3)4)36-68-29-25-47(62)72-53(5,6)7)32-41(34-42)51(66)58-44(37-69-30-26-48(63)73-54(8,9)10)38-70-31-27-49(64)74-55(11,12)13;1-27(43)10-8-6-4-2-3-5-7-9-11-33(44)40-30-21-28(38(53)41-31(23-55-16-12-34(45)46)24-56-17-13-35(47)48)20-29(22-30)39(54)42-32(25-57-18-14-36(49)50)26-58-19-15-37(51)52/h32-34,43-44H,14-31,35-38H2,1-13H3,(H,56,60)(H,57,65)(H,58,66);20-22,31-32H,2-19,23-26H2,1H3,(H,40,44)(H,41,53)(H,42,54)(H,45,46)(H,47,48)(H,49,50)(H,51,52). The lowest BCUT2D eigenvalue weighted by Gasteiger charge is -2.22. The minimum atomic E-state index is -1.10. The Morgan fingerprint density at radius 3 is 0.598 bits per heavy atom. The molecular formula is C94H150N6O32. The van der Waals surface area contributed by atoms with Gasteiger partial charge in [0.1, 0.15) is 34.0 Å². The zero-order chi connectivity index (χ0) is 99.1. The summed E-state index contributed by atoms with van der Waals surface area (Å²) >= 11 is 0. The first-order chi connectivity index (χ1) is 62.0. The van der Waals surface area contributed by atoms with Crippen molar-refractivity contribution in [3.63, 3.8) is 0 Å². The van der Waals surface area contributed by atoms with Crippen molar-refractivity contribution in [2.24, 2.45) is 0 Å². The molecule has 0 atom stereocenters. The third kappa shape index (κ3) is 69.9. The molecule has 6 amide bonds. The quantitative estimate of drug-likeness (QED) is 0.0167. The number of unbranched alkanes of at least 4 members (excludes halogenated alkanes) is 14. The Morgan fingerprint density at radius 1 is 0.250 bits per heavy atom. The summed E-state index contributed by atoms with van der Waals surface area (Å²) in [7, 11) is 0. The fraction of sp³-hybridized carbons (Fsp3) is 0.702. The normalized spacial score (nSPS) is 11.6. The van der Waals surface area contributed by atoms with Crippen molar-refractivity contribution in [1.82, 2.24) is 21.3 Å². The average Bonchev–Trinajstić information content (AvgIpc) is 0.830. The Labute approximate surface area is 776 Å². The molecule has 10 N–H and O–H groups in total. The maximum atomic E-state index is 14.2. The highest BCUT2D eigenvalue weighted by Crippen LogP contribution is 2.23. The Hall–Kier alpha value is -9.96. The number of ether oxygens (including phenoxy) is 12. The van der Waals surface area contributed by atoms with Gasteiger partial charge < -0.3 is 119 Å². The van der Waals surface area contributed by atoms with Crippen LogP contribution >= 0.6 is 0 Å². The van der Waals surface area contributed by atoms with Crippen LogP contribution in [0.3, 0.4) is 0 Å². The van der Waals surface area contributed by atoms with E-state index < -0.39 is 118 Å². The summed E-state index contributed by atoms with van der Waals surface area (Å²) in [6.07, 6.45) is 14.9. The highest BCUT2D eigenvalue weighted by Gasteiger charge is 2.27. The number of carbonyl (C=O) groups is 16. The lowest BCUT2D eigenvalue weighted by atomic mass is 10.1. The summed E-state index contributed by atoms with van der Waals surface area (Å²) in [5, 5.41) is 52.4. The number of amides is 6. The van der Waals surface area contributed by atoms with Gasteiger partial charge in [-0.3, -0.25) is 67.1 Å². The highest BCUT2D eigenvalue weighted by atomic mass is 16.6. The number of hydrogen-bond donors (Lipinski definition) is 10. The Kier molecular flexibility index (Phi) is 61.9. The summed E-state index contributed by atoms with van der Waals surface area (Å²) < 4.78 is 66.2. The SMILES string of the molecule is CC(=O)CCCCCCCCCCC(=O)Nc1cc(C(=O)NC(COCCC(=O)O)COCCC(=O)O)cc(C(=O)NC(COCCC(=O)O)COCCC(=O)O)c1.CC(=O)CCCCCCCCCCC(=O)Nc1cc(C(=O)NC(COCCC(=O)OC(C)(C)C)COCCC(=O)OC(C)(C)C)cc(C(=O)NC(COCCC(=O)OC(C)(C)C)COCCC(=O)OC(C)(C)C)c1. The molecule has 0 aliphatic heterocycles. The van der Waals surface area contributed by atoms with Crippen molar-refractivity contribution in [1.29, 1.82) is 0 Å². The van der Waals surface area contributed by atoms with Crippen LogP contribution in [0.4, 0.5) is 11.4 Å². The number of rotatable bonds is 72. The van der Waals surface area contributed by atoms with Gasteiger partial charge in [-0.05, 0) is 159 Å². The Morgan fingerprint density at radius 2 is 0.424 bits per heavy atom. The molecule has 0 bridgehead atoms. The molecule has 0 unspecified atom stereocenters. The molecule has 2 aromatic rings. The van der Waals surface area contributed by atoms with E-state index in [1.165, 1.54) is 36.4 Å². The smallest absolute Gasteiger partial charge is 0.308 e. The molecule has 0 spiro atoms. The average molecular weight is 1880 g/mol. The van der Waals surface area contributed by atoms with Crippen molar-refractivity contribution in [2.45, 2.75) is 323 Å². The Balaban J connectivity index is 0.00000136. The molecule has 748 valence electrons. The number of ketones is 2. The van der Waals surface area contributed by atoms with Gasteiger partial charge >= 0.3 is 47.8 Å². The number of hydrogen-bond acceptors (Lipinski definition) is 28. The fourth-order valence-corrected chi connectivity index (χ4v) is 12.0. The van der Waals surface area contributed by atoms with Crippen LogP contribution in [0.15, 0.2) is 36.4 Å². The number of carbonyl (C=O) groups excluding carboxylic acids is 12. The van der Waals surface area contributed by atoms with Crippen LogP contribution in [0.5, 0.6) is 0 Å². The molecule has 132 heavy (non-hydrogen) atoms. The largest absolute Gasteiger partial charge is 0.481 e. The molecule has 0 heterocycles. The van der Waals surface area contributed by atoms with E-state index in [1.807, 2.05) is 0 Å². The number of aliphatic carboxylic acids is 4. The molecule has 0 saturated carbocycles. The number of carboxylic acids is 4. The van der Waals surface area contributed by atoms with Gasteiger partial charge in [0.15, 0.2) is 0 Å². The van der Waals surface area contributed by atoms with Crippen LogP contribution in [-0.4, -0.2) is 267 Å². The minimum Gasteiger partial charge on any atom is -0.481 e. The van der Waals surface area contributed by atoms with Gasteiger partial charge in [0.2, 0.25) is 11.8 Å². The maximum Gasteiger partial charge on any atom is 0.308 e. The number of carboxylic acid groups (broad SMARTS) is 4. The van der Waals surface area contributed by atoms with E-state index in [4.69, 9.17) is 77.3 Å². The predicted octanol–water partition coefficient (Wildman–Crippen LogP) is 11.6. The summed E-state index contributed by atoms with van der Waals surface area (Å²) in [4.78, 5) is 197. The summed E-state index contributed by atoms with van der Waals surface area (Å²) in [5.41, 5.74) is -2.59. The molecule has 2 rings (SSSR count). The van der Waals surface area contributed by atoms with Crippen LogP contribution in [0.25, 0.3) is 0 Å². The molecule has 2 aromatic carbocycles. The zero-order valence-electron chi connectivity index (χ0n) is 80.1. The van der Waals surface area contributed by atoms with E-state index in [0.29, 0.717) is 25.7 Å². The molecule has 0 aromatic heterocycles. The van der Waals surface area contributed by atoms with Crippen LogP contribution in [0, 0.1) is 0 Å². The van der Waals surface area contributed by atoms with Crippen molar-refractivity contribution in [3.8, 4) is 0 Å². The van der Waals surface area contributed by atoms with E-state index in [0.717, 1.165) is 89.9 Å². The lowest BCUT2D eigenvalue weighted by molar-refractivity contribution is -0.157. The topological polar surface area (TPSA) is 537 Å². The predicted molar refractivity (Wildman–Crippen MR) is 486 cm³/mol. The van der Waals surface area contributed by atoms with Crippen LogP contribution in [0.1, 0.15) is 318 Å². The van der Waals surface area contributed by atoms with Crippen LogP contribution in [0.2, 0.25) is 0 Å². The van der Waals surface area contributed by atoms with Gasteiger partial charge in [0.25, 0.3) is 23.6 Å². The van der Waals surface area contributed by atoms with Gasteiger partial charge in [-0.1, -0.05) is 77.0 Å². The first-order valence-corrected chi connectivity index (χ1v) is 45.5. The summed E-state index contributed by atoms with van der Waals surface area (Å²) in [6, 6.07) is 4.83. The number of anilines is 2. The highest BCUT2D eigenvalue weighted by molar-refractivity contribution is 6.04. The van der Waals surface area contributed by atoms with Crippen molar-refractivity contribution in [2.75, 3.05) is 116 Å². The van der Waals surface area contributed by atoms with Gasteiger partial charge in [0, 0.05) is 59.3 Å². The first-order valence-electron chi connectivity index (χ1n) is 45.5. The van der Waals surface area contributed by atoms with Crippen molar-refractivity contribution in [3.05, 3.63) is 58.7 Å².